The number of aromatic nitrogens is 1. The number of hydrogen-bond donors (Lipinski definition) is 2. The normalized spacial score (nSPS) is 12.2. The van der Waals surface area contributed by atoms with Crippen molar-refractivity contribution in [2.75, 3.05) is 23.3 Å². The maximum Gasteiger partial charge on any atom is 0.248 e. The van der Waals surface area contributed by atoms with Crippen LogP contribution in [0.15, 0.2) is 47.1 Å². The number of carbonyl (C=O) groups is 1. The summed E-state index contributed by atoms with van der Waals surface area (Å²) < 4.78 is 0.943. The molecular formula is C18H25BrCl2N4O. The van der Waals surface area contributed by atoms with E-state index in [1.54, 1.807) is 13.1 Å². The molecule has 0 aliphatic rings. The lowest BCUT2D eigenvalue weighted by molar-refractivity contribution is -0.120. The zero-order valence-electron chi connectivity index (χ0n) is 15.0. The Bertz CT molecular complexity index is 689. The van der Waals surface area contributed by atoms with Gasteiger partial charge < -0.3 is 16.0 Å². The van der Waals surface area contributed by atoms with Gasteiger partial charge in [-0.1, -0.05) is 28.1 Å². The maximum absolute atomic E-state index is 12.6. The number of rotatable bonds is 6. The average Bonchev–Trinajstić information content (AvgIpc) is 2.58. The molecular weight excluding hydrogens is 439 g/mol. The molecule has 0 aliphatic carbocycles. The van der Waals surface area contributed by atoms with Crippen LogP contribution >= 0.6 is 40.7 Å². The van der Waals surface area contributed by atoms with Gasteiger partial charge in [-0.3, -0.25) is 4.79 Å². The molecule has 1 aromatic heterocycles. The first-order chi connectivity index (χ1) is 11.4. The molecule has 0 spiro atoms. The highest BCUT2D eigenvalue weighted by Gasteiger charge is 2.30. The van der Waals surface area contributed by atoms with Crippen LogP contribution in [0, 0.1) is 0 Å². The van der Waals surface area contributed by atoms with E-state index in [-0.39, 0.29) is 30.7 Å². The van der Waals surface area contributed by atoms with Crippen molar-refractivity contribution in [3.05, 3.63) is 52.6 Å². The van der Waals surface area contributed by atoms with Gasteiger partial charge in [0.25, 0.3) is 0 Å². The number of nitrogens with zero attached hydrogens (tertiary/aromatic N) is 2. The minimum Gasteiger partial charge on any atom is -0.357 e. The molecule has 0 fully saturated rings. The van der Waals surface area contributed by atoms with Crippen LogP contribution in [-0.4, -0.2) is 24.0 Å². The molecule has 1 aromatic carbocycles. The van der Waals surface area contributed by atoms with Crippen molar-refractivity contribution >= 4 is 58.2 Å². The lowest BCUT2D eigenvalue weighted by Crippen LogP contribution is -2.45. The molecule has 0 bridgehead atoms. The minimum absolute atomic E-state index is 0. The number of benzene rings is 1. The van der Waals surface area contributed by atoms with E-state index in [1.807, 2.05) is 36.4 Å². The lowest BCUT2D eigenvalue weighted by atomic mass is 9.92. The van der Waals surface area contributed by atoms with Gasteiger partial charge in [0.2, 0.25) is 5.91 Å². The number of nitrogens with one attached hydrogen (secondary N) is 1. The molecule has 26 heavy (non-hydrogen) atoms. The second kappa shape index (κ2) is 10.7. The smallest absolute Gasteiger partial charge is 0.248 e. The van der Waals surface area contributed by atoms with Crippen molar-refractivity contribution in [2.24, 2.45) is 5.73 Å². The first-order valence-electron chi connectivity index (χ1n) is 7.95. The Balaban J connectivity index is 0.00000312. The van der Waals surface area contributed by atoms with Crippen LogP contribution in [0.3, 0.4) is 0 Å². The highest BCUT2D eigenvalue weighted by atomic mass is 79.9. The number of pyridine rings is 1. The first-order valence-corrected chi connectivity index (χ1v) is 8.75. The van der Waals surface area contributed by atoms with Crippen molar-refractivity contribution in [1.29, 1.82) is 0 Å². The van der Waals surface area contributed by atoms with E-state index in [2.05, 4.69) is 45.0 Å². The minimum atomic E-state index is -1.13. The molecule has 8 heteroatoms. The van der Waals surface area contributed by atoms with Crippen LogP contribution in [0.4, 0.5) is 11.5 Å². The second-order valence-corrected chi connectivity index (χ2v) is 6.66. The van der Waals surface area contributed by atoms with Gasteiger partial charge in [-0.25, -0.2) is 4.98 Å². The fourth-order valence-corrected chi connectivity index (χ4v) is 2.65. The van der Waals surface area contributed by atoms with Crippen LogP contribution < -0.4 is 16.0 Å². The number of nitrogens with two attached hydrogens (primary N) is 1. The van der Waals surface area contributed by atoms with Gasteiger partial charge >= 0.3 is 0 Å². The third-order valence-electron chi connectivity index (χ3n) is 4.01. The summed E-state index contributed by atoms with van der Waals surface area (Å²) in [6.45, 7) is 7.64. The maximum atomic E-state index is 12.6. The van der Waals surface area contributed by atoms with Crippen LogP contribution in [0.25, 0.3) is 0 Å². The SMILES string of the molecule is CCN(CC)c1ccc(NC(=O)C(C)(N)c2ccc(Br)cc2)cn1.Cl.Cl. The first kappa shape index (κ1) is 24.7. The fraction of sp³-hybridized carbons (Fsp3) is 0.333. The van der Waals surface area contributed by atoms with Crippen molar-refractivity contribution in [3.63, 3.8) is 0 Å². The molecule has 5 nitrogen and oxygen atoms in total. The monoisotopic (exact) mass is 462 g/mol. The standard InChI is InChI=1S/C18H23BrN4O.2ClH/c1-4-23(5-2)16-11-10-15(12-21-16)22-17(24)18(3,20)13-6-8-14(19)9-7-13;;/h6-12H,4-5,20H2,1-3H3,(H,22,24);2*1H. The number of carbonyl (C=O) groups excluding carboxylic acids is 1. The van der Waals surface area contributed by atoms with E-state index in [0.717, 1.165) is 28.9 Å². The van der Waals surface area contributed by atoms with Gasteiger partial charge in [-0.15, -0.1) is 24.8 Å². The van der Waals surface area contributed by atoms with Gasteiger partial charge in [0, 0.05) is 17.6 Å². The molecule has 1 amide bonds. The number of amides is 1. The highest BCUT2D eigenvalue weighted by Crippen LogP contribution is 2.22. The van der Waals surface area contributed by atoms with Crippen LogP contribution in [0.2, 0.25) is 0 Å². The van der Waals surface area contributed by atoms with Crippen molar-refractivity contribution in [3.8, 4) is 0 Å². The summed E-state index contributed by atoms with van der Waals surface area (Å²) in [5, 5.41) is 2.84. The number of anilines is 2. The molecule has 0 aliphatic heterocycles. The largest absolute Gasteiger partial charge is 0.357 e. The number of hydrogen-bond acceptors (Lipinski definition) is 4. The Kier molecular flexibility index (Phi) is 10.2. The summed E-state index contributed by atoms with van der Waals surface area (Å²) >= 11 is 3.38. The summed E-state index contributed by atoms with van der Waals surface area (Å²) in [5.74, 6) is 0.614. The Morgan fingerprint density at radius 2 is 1.73 bits per heavy atom. The predicted octanol–water partition coefficient (Wildman–Crippen LogP) is 4.35. The van der Waals surface area contributed by atoms with Gasteiger partial charge in [-0.05, 0) is 50.6 Å². The van der Waals surface area contributed by atoms with Gasteiger partial charge in [0.1, 0.15) is 11.4 Å². The molecule has 0 saturated carbocycles. The molecule has 2 rings (SSSR count). The third kappa shape index (κ3) is 5.84. The zero-order valence-corrected chi connectivity index (χ0v) is 18.2. The Morgan fingerprint density at radius 3 is 2.19 bits per heavy atom. The van der Waals surface area contributed by atoms with Gasteiger partial charge in [0.15, 0.2) is 0 Å². The second-order valence-electron chi connectivity index (χ2n) is 5.74. The highest BCUT2D eigenvalue weighted by molar-refractivity contribution is 9.10. The van der Waals surface area contributed by atoms with Crippen LogP contribution in [-0.2, 0) is 10.3 Å². The van der Waals surface area contributed by atoms with E-state index in [4.69, 9.17) is 5.73 Å². The van der Waals surface area contributed by atoms with Crippen LogP contribution in [0.5, 0.6) is 0 Å². The topological polar surface area (TPSA) is 71.2 Å². The fourth-order valence-electron chi connectivity index (χ4n) is 2.38. The molecule has 144 valence electrons. The van der Waals surface area contributed by atoms with Crippen molar-refractivity contribution in [1.82, 2.24) is 4.98 Å². The van der Waals surface area contributed by atoms with Crippen molar-refractivity contribution in [2.45, 2.75) is 26.3 Å². The molecule has 3 N–H and O–H groups in total. The summed E-state index contributed by atoms with van der Waals surface area (Å²) in [5.41, 5.74) is 6.49. The number of halogens is 3. The summed E-state index contributed by atoms with van der Waals surface area (Å²) in [4.78, 5) is 19.1. The van der Waals surface area contributed by atoms with E-state index in [0.29, 0.717) is 5.69 Å². The van der Waals surface area contributed by atoms with E-state index < -0.39 is 5.54 Å². The van der Waals surface area contributed by atoms with Crippen molar-refractivity contribution < 1.29 is 4.79 Å². The summed E-state index contributed by atoms with van der Waals surface area (Å²) in [6.07, 6.45) is 1.66. The molecule has 1 unspecified atom stereocenters. The van der Waals surface area contributed by atoms with E-state index >= 15 is 0 Å². The molecule has 0 radical (unpaired) electrons. The quantitative estimate of drug-likeness (QED) is 0.668. The summed E-state index contributed by atoms with van der Waals surface area (Å²) in [6, 6.07) is 11.2. The molecule has 0 saturated heterocycles. The lowest BCUT2D eigenvalue weighted by Gasteiger charge is -2.24. The van der Waals surface area contributed by atoms with Crippen LogP contribution in [0.1, 0.15) is 26.3 Å². The molecule has 1 atom stereocenters. The predicted molar refractivity (Wildman–Crippen MR) is 117 cm³/mol. The Morgan fingerprint density at radius 1 is 1.15 bits per heavy atom. The van der Waals surface area contributed by atoms with E-state index in [1.165, 1.54) is 0 Å². The zero-order chi connectivity index (χ0) is 17.7. The average molecular weight is 464 g/mol. The Hall–Kier alpha value is -1.34. The summed E-state index contributed by atoms with van der Waals surface area (Å²) in [7, 11) is 0. The third-order valence-corrected chi connectivity index (χ3v) is 4.54. The van der Waals surface area contributed by atoms with Gasteiger partial charge in [0.05, 0.1) is 11.9 Å². The molecule has 2 aromatic rings. The Labute approximate surface area is 175 Å². The van der Waals surface area contributed by atoms with Gasteiger partial charge in [-0.2, -0.15) is 0 Å². The molecule has 1 heterocycles. The van der Waals surface area contributed by atoms with E-state index in [9.17, 15) is 4.79 Å².